The summed E-state index contributed by atoms with van der Waals surface area (Å²) in [5, 5.41) is 9.67. The number of allylic oxidation sites excluding steroid dienone is 1. The Morgan fingerprint density at radius 2 is 1.61 bits per heavy atom. The Balaban J connectivity index is 1.86. The lowest BCUT2D eigenvalue weighted by molar-refractivity contribution is 0.0734. The minimum absolute atomic E-state index is 0.404. The summed E-state index contributed by atoms with van der Waals surface area (Å²) in [7, 11) is 3.11. The summed E-state index contributed by atoms with van der Waals surface area (Å²) in [6.45, 7) is 3.94. The monoisotopic (exact) mass is 413 g/mol. The van der Waals surface area contributed by atoms with Crippen LogP contribution in [0, 0.1) is 25.2 Å². The van der Waals surface area contributed by atoms with Gasteiger partial charge in [0.05, 0.1) is 31.4 Å². The summed E-state index contributed by atoms with van der Waals surface area (Å²) in [6, 6.07) is 20.0. The van der Waals surface area contributed by atoms with E-state index in [2.05, 4.69) is 6.07 Å². The van der Waals surface area contributed by atoms with Gasteiger partial charge in [0.15, 0.2) is 11.5 Å². The highest BCUT2D eigenvalue weighted by Gasteiger charge is 2.11. The van der Waals surface area contributed by atoms with Crippen LogP contribution in [0.1, 0.15) is 32.6 Å². The molecule has 156 valence electrons. The lowest BCUT2D eigenvalue weighted by Crippen LogP contribution is -2.09. The quantitative estimate of drug-likeness (QED) is 0.228. The molecule has 0 bridgehead atoms. The van der Waals surface area contributed by atoms with E-state index < -0.39 is 5.97 Å². The van der Waals surface area contributed by atoms with E-state index in [0.29, 0.717) is 33.9 Å². The molecule has 0 aliphatic carbocycles. The van der Waals surface area contributed by atoms with E-state index in [0.717, 1.165) is 16.7 Å². The van der Waals surface area contributed by atoms with Crippen LogP contribution >= 0.6 is 0 Å². The first kappa shape index (κ1) is 21.7. The Bertz CT molecular complexity index is 1190. The number of aryl methyl sites for hydroxylation is 2. The van der Waals surface area contributed by atoms with Gasteiger partial charge in [0, 0.05) is 0 Å². The fourth-order valence-corrected chi connectivity index (χ4v) is 3.05. The summed E-state index contributed by atoms with van der Waals surface area (Å²) in [4.78, 5) is 12.5. The third-order valence-corrected chi connectivity index (χ3v) is 4.94. The average Bonchev–Trinajstić information content (AvgIpc) is 2.79. The highest BCUT2D eigenvalue weighted by Crippen LogP contribution is 2.31. The molecule has 0 radical (unpaired) electrons. The maximum absolute atomic E-state index is 12.5. The van der Waals surface area contributed by atoms with Gasteiger partial charge in [-0.05, 0) is 84.6 Å². The van der Waals surface area contributed by atoms with Crippen molar-refractivity contribution in [2.24, 2.45) is 0 Å². The molecule has 0 spiro atoms. The number of hydrogen-bond acceptors (Lipinski definition) is 5. The number of benzene rings is 3. The summed E-state index contributed by atoms with van der Waals surface area (Å²) >= 11 is 0. The van der Waals surface area contributed by atoms with Crippen molar-refractivity contribution in [3.63, 3.8) is 0 Å². The van der Waals surface area contributed by atoms with Crippen molar-refractivity contribution in [3.05, 3.63) is 88.5 Å². The van der Waals surface area contributed by atoms with Crippen molar-refractivity contribution in [1.29, 1.82) is 5.26 Å². The van der Waals surface area contributed by atoms with Gasteiger partial charge in [-0.3, -0.25) is 0 Å². The second-order valence-corrected chi connectivity index (χ2v) is 7.00. The molecule has 0 N–H and O–H groups in total. The number of hydrogen-bond donors (Lipinski definition) is 0. The van der Waals surface area contributed by atoms with Gasteiger partial charge in [0.1, 0.15) is 5.75 Å². The lowest BCUT2D eigenvalue weighted by Gasteiger charge is -2.09. The molecule has 0 fully saturated rings. The SMILES string of the molecule is COc1ccc(/C(C#N)=C\c2cccc(OC(=O)c3ccc(C)c(C)c3)c2)cc1OC. The number of carbonyl (C=O) groups excluding carboxylic acids is 1. The fourth-order valence-electron chi connectivity index (χ4n) is 3.05. The van der Waals surface area contributed by atoms with Crippen molar-refractivity contribution >= 4 is 17.6 Å². The largest absolute Gasteiger partial charge is 0.493 e. The predicted molar refractivity (Wildman–Crippen MR) is 120 cm³/mol. The molecule has 0 heterocycles. The third kappa shape index (κ3) is 5.12. The van der Waals surface area contributed by atoms with Crippen LogP contribution in [-0.4, -0.2) is 20.2 Å². The molecule has 5 nitrogen and oxygen atoms in total. The molecule has 0 saturated carbocycles. The van der Waals surface area contributed by atoms with Crippen molar-refractivity contribution in [3.8, 4) is 23.3 Å². The minimum Gasteiger partial charge on any atom is -0.493 e. The van der Waals surface area contributed by atoms with Crippen molar-refractivity contribution in [2.45, 2.75) is 13.8 Å². The number of nitrogens with zero attached hydrogens (tertiary/aromatic N) is 1. The Labute approximate surface area is 182 Å². The zero-order valence-electron chi connectivity index (χ0n) is 17.9. The average molecular weight is 413 g/mol. The molecule has 0 unspecified atom stereocenters. The van der Waals surface area contributed by atoms with Crippen LogP contribution < -0.4 is 14.2 Å². The van der Waals surface area contributed by atoms with Crippen LogP contribution in [0.5, 0.6) is 17.2 Å². The molecule has 0 amide bonds. The zero-order chi connectivity index (χ0) is 22.4. The first-order chi connectivity index (χ1) is 14.9. The van der Waals surface area contributed by atoms with Gasteiger partial charge in [-0.1, -0.05) is 18.2 Å². The molecule has 3 aromatic carbocycles. The number of methoxy groups -OCH3 is 2. The van der Waals surface area contributed by atoms with Crippen LogP contribution in [0.25, 0.3) is 11.6 Å². The Kier molecular flexibility index (Phi) is 6.74. The molecule has 0 aliphatic rings. The maximum atomic E-state index is 12.5. The lowest BCUT2D eigenvalue weighted by atomic mass is 10.0. The number of rotatable bonds is 6. The number of nitriles is 1. The molecule has 0 aliphatic heterocycles. The van der Waals surface area contributed by atoms with E-state index in [1.54, 1.807) is 62.8 Å². The van der Waals surface area contributed by atoms with Crippen LogP contribution in [0.15, 0.2) is 60.7 Å². The van der Waals surface area contributed by atoms with E-state index in [9.17, 15) is 10.1 Å². The molecule has 31 heavy (non-hydrogen) atoms. The van der Waals surface area contributed by atoms with Crippen LogP contribution in [0.3, 0.4) is 0 Å². The molecule has 0 atom stereocenters. The molecular formula is C26H23NO4. The summed E-state index contributed by atoms with van der Waals surface area (Å²) in [5.41, 5.74) is 4.50. The Morgan fingerprint density at radius 1 is 0.871 bits per heavy atom. The molecular weight excluding hydrogens is 390 g/mol. The van der Waals surface area contributed by atoms with Crippen LogP contribution in [0.4, 0.5) is 0 Å². The van der Waals surface area contributed by atoms with Gasteiger partial charge >= 0.3 is 5.97 Å². The Hall–Kier alpha value is -4.04. The molecule has 5 heteroatoms. The van der Waals surface area contributed by atoms with Crippen molar-refractivity contribution in [2.75, 3.05) is 14.2 Å². The highest BCUT2D eigenvalue weighted by molar-refractivity contribution is 5.92. The summed E-state index contributed by atoms with van der Waals surface area (Å²) < 4.78 is 16.1. The standard InChI is InChI=1S/C26H23NO4/c1-17-8-9-21(12-18(17)2)26(28)31-23-7-5-6-19(14-23)13-22(16-27)20-10-11-24(29-3)25(15-20)30-4/h5-15H,1-4H3/b22-13-. The number of esters is 1. The topological polar surface area (TPSA) is 68.5 Å². The molecule has 3 rings (SSSR count). The van der Waals surface area contributed by atoms with Crippen LogP contribution in [0.2, 0.25) is 0 Å². The normalized spacial score (nSPS) is 10.9. The van der Waals surface area contributed by atoms with Crippen molar-refractivity contribution < 1.29 is 19.0 Å². The van der Waals surface area contributed by atoms with Crippen molar-refractivity contribution in [1.82, 2.24) is 0 Å². The second kappa shape index (κ2) is 9.64. The van der Waals surface area contributed by atoms with Gasteiger partial charge in [-0.25, -0.2) is 4.79 Å². The number of carbonyl (C=O) groups is 1. The van der Waals surface area contributed by atoms with Gasteiger partial charge in [0.2, 0.25) is 0 Å². The van der Waals surface area contributed by atoms with E-state index >= 15 is 0 Å². The van der Waals surface area contributed by atoms with Gasteiger partial charge < -0.3 is 14.2 Å². The van der Waals surface area contributed by atoms with E-state index in [-0.39, 0.29) is 0 Å². The first-order valence-electron chi connectivity index (χ1n) is 9.69. The van der Waals surface area contributed by atoms with Gasteiger partial charge in [-0.2, -0.15) is 5.26 Å². The van der Waals surface area contributed by atoms with E-state index in [1.165, 1.54) is 0 Å². The summed E-state index contributed by atoms with van der Waals surface area (Å²) in [6.07, 6.45) is 1.73. The highest BCUT2D eigenvalue weighted by atomic mass is 16.5. The van der Waals surface area contributed by atoms with E-state index in [1.807, 2.05) is 32.0 Å². The van der Waals surface area contributed by atoms with E-state index in [4.69, 9.17) is 14.2 Å². The smallest absolute Gasteiger partial charge is 0.343 e. The Morgan fingerprint density at radius 3 is 2.29 bits per heavy atom. The van der Waals surface area contributed by atoms with Gasteiger partial charge in [0.25, 0.3) is 0 Å². The third-order valence-electron chi connectivity index (χ3n) is 4.94. The summed E-state index contributed by atoms with van der Waals surface area (Å²) in [5.74, 6) is 1.10. The first-order valence-corrected chi connectivity index (χ1v) is 9.69. The fraction of sp³-hybridized carbons (Fsp3) is 0.154. The van der Waals surface area contributed by atoms with Gasteiger partial charge in [-0.15, -0.1) is 0 Å². The maximum Gasteiger partial charge on any atom is 0.343 e. The minimum atomic E-state index is -0.426. The zero-order valence-corrected chi connectivity index (χ0v) is 17.9. The van der Waals surface area contributed by atoms with Crippen LogP contribution in [-0.2, 0) is 0 Å². The number of ether oxygens (including phenoxy) is 3. The predicted octanol–water partition coefficient (Wildman–Crippen LogP) is 5.60. The second-order valence-electron chi connectivity index (χ2n) is 7.00. The molecule has 3 aromatic rings. The molecule has 0 aromatic heterocycles. The molecule has 0 saturated heterocycles.